The zero-order chi connectivity index (χ0) is 27.9. The van der Waals surface area contributed by atoms with Gasteiger partial charge in [-0.3, -0.25) is 4.79 Å². The van der Waals surface area contributed by atoms with Crippen molar-refractivity contribution in [1.29, 1.82) is 0 Å². The molecule has 38 heavy (non-hydrogen) atoms. The number of halogens is 2. The summed E-state index contributed by atoms with van der Waals surface area (Å²) in [5, 5.41) is 15.2. The number of amides is 1. The SMILES string of the molecule is COc1ccc(OCc2nc([C@@H]3CCCN3C(=O)C(F)(F)C3(O)CC(C)(C)CC(C)(C)C3)no2)cc1OC. The number of nitrogens with zero attached hydrogens (tertiary/aromatic N) is 3. The van der Waals surface area contributed by atoms with Crippen molar-refractivity contribution in [3.05, 3.63) is 29.9 Å². The Kier molecular flexibility index (Phi) is 7.37. The maximum absolute atomic E-state index is 15.8. The Hall–Kier alpha value is -2.95. The average Bonchev–Trinajstić information content (AvgIpc) is 3.49. The fourth-order valence-electron chi connectivity index (χ4n) is 6.46. The van der Waals surface area contributed by atoms with Crippen LogP contribution in [0.1, 0.15) is 77.6 Å². The lowest BCUT2D eigenvalue weighted by molar-refractivity contribution is -0.231. The first-order valence-corrected chi connectivity index (χ1v) is 12.8. The summed E-state index contributed by atoms with van der Waals surface area (Å²) in [5.41, 5.74) is -3.53. The molecule has 0 radical (unpaired) electrons. The van der Waals surface area contributed by atoms with Gasteiger partial charge in [0.15, 0.2) is 23.9 Å². The first-order chi connectivity index (χ1) is 17.7. The zero-order valence-corrected chi connectivity index (χ0v) is 22.8. The van der Waals surface area contributed by atoms with Crippen LogP contribution in [0.15, 0.2) is 22.7 Å². The van der Waals surface area contributed by atoms with Crippen LogP contribution in [0.3, 0.4) is 0 Å². The van der Waals surface area contributed by atoms with Gasteiger partial charge in [0.2, 0.25) is 0 Å². The van der Waals surface area contributed by atoms with E-state index in [2.05, 4.69) is 10.1 Å². The third kappa shape index (κ3) is 5.43. The van der Waals surface area contributed by atoms with Gasteiger partial charge < -0.3 is 28.7 Å². The number of hydrogen-bond donors (Lipinski definition) is 1. The van der Waals surface area contributed by atoms with Gasteiger partial charge in [-0.25, -0.2) is 0 Å². The van der Waals surface area contributed by atoms with Crippen LogP contribution in [-0.4, -0.2) is 58.3 Å². The summed E-state index contributed by atoms with van der Waals surface area (Å²) >= 11 is 0. The standard InChI is InChI=1S/C27H37F2N3O6/c1-24(2)14-25(3,4)16-26(34,15-24)27(28,29)23(33)32-11-7-8-18(32)22-30-21(38-31-22)13-37-17-9-10-19(35-5)20(12-17)36-6/h9-10,12,18,34H,7-8,11,13-16H2,1-6H3/t18-/m0/s1. The molecular formula is C27H37F2N3O6. The highest BCUT2D eigenvalue weighted by atomic mass is 19.3. The lowest BCUT2D eigenvalue weighted by Crippen LogP contribution is -2.62. The summed E-state index contributed by atoms with van der Waals surface area (Å²) in [7, 11) is 3.04. The Balaban J connectivity index is 1.48. The van der Waals surface area contributed by atoms with Crippen LogP contribution in [0.25, 0.3) is 0 Å². The molecule has 9 nitrogen and oxygen atoms in total. The number of benzene rings is 1. The van der Waals surface area contributed by atoms with Crippen LogP contribution in [0.4, 0.5) is 8.78 Å². The maximum atomic E-state index is 15.8. The number of alkyl halides is 2. The Morgan fingerprint density at radius 2 is 1.79 bits per heavy atom. The summed E-state index contributed by atoms with van der Waals surface area (Å²) in [6, 6.07) is 4.25. The largest absolute Gasteiger partial charge is 0.493 e. The van der Waals surface area contributed by atoms with Crippen molar-refractivity contribution in [3.8, 4) is 17.2 Å². The molecule has 210 valence electrons. The van der Waals surface area contributed by atoms with Gasteiger partial charge in [0.25, 0.3) is 11.8 Å². The van der Waals surface area contributed by atoms with E-state index < -0.39 is 34.3 Å². The Labute approximate surface area is 221 Å². The quantitative estimate of drug-likeness (QED) is 0.505. The second-order valence-electron chi connectivity index (χ2n) is 12.0. The smallest absolute Gasteiger partial charge is 0.352 e. The summed E-state index contributed by atoms with van der Waals surface area (Å²) in [6.45, 7) is 7.45. The molecule has 0 spiro atoms. The third-order valence-corrected chi connectivity index (χ3v) is 7.36. The molecule has 1 aromatic heterocycles. The number of rotatable bonds is 8. The molecule has 2 aliphatic rings. The monoisotopic (exact) mass is 537 g/mol. The van der Waals surface area contributed by atoms with E-state index in [0.29, 0.717) is 36.5 Å². The van der Waals surface area contributed by atoms with Crippen LogP contribution >= 0.6 is 0 Å². The van der Waals surface area contributed by atoms with Gasteiger partial charge in [-0.1, -0.05) is 32.9 Å². The molecule has 11 heteroatoms. The molecular weight excluding hydrogens is 500 g/mol. The van der Waals surface area contributed by atoms with Crippen LogP contribution in [0.2, 0.25) is 0 Å². The predicted molar refractivity (Wildman–Crippen MR) is 133 cm³/mol. The molecule has 2 aromatic rings. The molecule has 2 fully saturated rings. The van der Waals surface area contributed by atoms with E-state index in [-0.39, 0.29) is 37.7 Å². The molecule has 4 rings (SSSR count). The Morgan fingerprint density at radius 3 is 2.42 bits per heavy atom. The van der Waals surface area contributed by atoms with Crippen molar-refractivity contribution in [1.82, 2.24) is 15.0 Å². The zero-order valence-electron chi connectivity index (χ0n) is 22.8. The minimum Gasteiger partial charge on any atom is -0.493 e. The fourth-order valence-corrected chi connectivity index (χ4v) is 6.46. The van der Waals surface area contributed by atoms with Crippen molar-refractivity contribution >= 4 is 5.91 Å². The highest BCUT2D eigenvalue weighted by molar-refractivity contribution is 5.85. The highest BCUT2D eigenvalue weighted by Gasteiger charge is 2.65. The third-order valence-electron chi connectivity index (χ3n) is 7.36. The average molecular weight is 538 g/mol. The van der Waals surface area contributed by atoms with Gasteiger partial charge in [0.05, 0.1) is 20.3 Å². The Bertz CT molecular complexity index is 1150. The molecule has 1 amide bonds. The maximum Gasteiger partial charge on any atom is 0.352 e. The van der Waals surface area contributed by atoms with Gasteiger partial charge in [0, 0.05) is 12.6 Å². The van der Waals surface area contributed by atoms with Gasteiger partial charge in [-0.2, -0.15) is 13.8 Å². The lowest BCUT2D eigenvalue weighted by atomic mass is 9.58. The van der Waals surface area contributed by atoms with E-state index in [4.69, 9.17) is 18.7 Å². The van der Waals surface area contributed by atoms with E-state index in [1.807, 2.05) is 27.7 Å². The van der Waals surface area contributed by atoms with Crippen LogP contribution in [0, 0.1) is 10.8 Å². The lowest BCUT2D eigenvalue weighted by Gasteiger charge is -2.51. The van der Waals surface area contributed by atoms with Gasteiger partial charge in [-0.05, 0) is 55.1 Å². The molecule has 1 N–H and O–H groups in total. The highest BCUT2D eigenvalue weighted by Crippen LogP contribution is 2.55. The molecule has 0 bridgehead atoms. The van der Waals surface area contributed by atoms with Gasteiger partial charge in [-0.15, -0.1) is 0 Å². The number of carbonyl (C=O) groups excluding carboxylic acids is 1. The minimum absolute atomic E-state index is 0.0662. The van der Waals surface area contributed by atoms with E-state index in [9.17, 15) is 9.90 Å². The molecule has 0 unspecified atom stereocenters. The number of ether oxygens (including phenoxy) is 3. The Morgan fingerprint density at radius 1 is 1.13 bits per heavy atom. The molecule has 1 aliphatic carbocycles. The predicted octanol–water partition coefficient (Wildman–Crippen LogP) is 4.93. The second-order valence-corrected chi connectivity index (χ2v) is 12.0. The molecule has 1 aliphatic heterocycles. The number of hydrogen-bond acceptors (Lipinski definition) is 8. The number of aliphatic hydroxyl groups is 1. The van der Waals surface area contributed by atoms with Crippen LogP contribution in [-0.2, 0) is 11.4 Å². The van der Waals surface area contributed by atoms with Crippen molar-refractivity contribution in [3.63, 3.8) is 0 Å². The molecule has 1 saturated heterocycles. The molecule has 2 heterocycles. The summed E-state index contributed by atoms with van der Waals surface area (Å²) in [4.78, 5) is 18.7. The first-order valence-electron chi connectivity index (χ1n) is 12.8. The van der Waals surface area contributed by atoms with Crippen LogP contribution < -0.4 is 14.2 Å². The summed E-state index contributed by atoms with van der Waals surface area (Å²) < 4.78 is 53.1. The van der Waals surface area contributed by atoms with E-state index in [0.717, 1.165) is 4.90 Å². The van der Waals surface area contributed by atoms with E-state index in [1.165, 1.54) is 14.2 Å². The minimum atomic E-state index is -3.96. The normalized spacial score (nSPS) is 22.2. The number of likely N-dealkylation sites (tertiary alicyclic amines) is 1. The van der Waals surface area contributed by atoms with Crippen molar-refractivity contribution < 1.29 is 37.4 Å². The second kappa shape index (κ2) is 9.98. The summed E-state index contributed by atoms with van der Waals surface area (Å²) in [6.07, 6.45) is 1.26. The fraction of sp³-hybridized carbons (Fsp3) is 0.667. The van der Waals surface area contributed by atoms with Crippen molar-refractivity contribution in [2.75, 3.05) is 20.8 Å². The van der Waals surface area contributed by atoms with E-state index in [1.54, 1.807) is 18.2 Å². The number of carbonyl (C=O) groups is 1. The van der Waals surface area contributed by atoms with E-state index >= 15 is 8.78 Å². The molecule has 1 saturated carbocycles. The topological polar surface area (TPSA) is 107 Å². The van der Waals surface area contributed by atoms with Crippen molar-refractivity contribution in [2.24, 2.45) is 10.8 Å². The van der Waals surface area contributed by atoms with Crippen LogP contribution in [0.5, 0.6) is 17.2 Å². The van der Waals surface area contributed by atoms with Crippen molar-refractivity contribution in [2.45, 2.75) is 84.0 Å². The van der Waals surface area contributed by atoms with Gasteiger partial charge >= 0.3 is 5.92 Å². The number of aromatic nitrogens is 2. The first kappa shape index (κ1) is 28.1. The summed E-state index contributed by atoms with van der Waals surface area (Å²) in [5.74, 6) is -3.58. The molecule has 1 aromatic carbocycles. The number of methoxy groups -OCH3 is 2. The van der Waals surface area contributed by atoms with Gasteiger partial charge in [0.1, 0.15) is 11.4 Å². The molecule has 1 atom stereocenters.